The topological polar surface area (TPSA) is 21.3 Å². The fourth-order valence-electron chi connectivity index (χ4n) is 2.23. The van der Waals surface area contributed by atoms with Gasteiger partial charge in [-0.15, -0.1) is 0 Å². The second-order valence-corrected chi connectivity index (χ2v) is 4.79. The summed E-state index contributed by atoms with van der Waals surface area (Å²) in [6.07, 6.45) is 2.72. The van der Waals surface area contributed by atoms with Crippen molar-refractivity contribution in [3.63, 3.8) is 0 Å². The number of benzene rings is 1. The van der Waals surface area contributed by atoms with E-state index >= 15 is 0 Å². The van der Waals surface area contributed by atoms with E-state index in [0.29, 0.717) is 12.0 Å². The summed E-state index contributed by atoms with van der Waals surface area (Å²) in [6.45, 7) is 0.847. The highest BCUT2D eigenvalue weighted by Gasteiger charge is 2.42. The van der Waals surface area contributed by atoms with Gasteiger partial charge in [0.2, 0.25) is 0 Å². The molecular weight excluding hydrogens is 224 g/mol. The molecule has 0 spiro atoms. The van der Waals surface area contributed by atoms with E-state index in [1.54, 1.807) is 0 Å². The Kier molecular flexibility index (Phi) is 3.33. The van der Waals surface area contributed by atoms with Crippen LogP contribution in [0.25, 0.3) is 0 Å². The zero-order valence-electron chi connectivity index (χ0n) is 10.1. The Balaban J connectivity index is 2.19. The van der Waals surface area contributed by atoms with Crippen molar-refractivity contribution in [3.8, 4) is 5.75 Å². The zero-order chi connectivity index (χ0) is 12.5. The van der Waals surface area contributed by atoms with Gasteiger partial charge in [0.1, 0.15) is 5.82 Å². The standard InChI is InChI=1S/C13H17F2NO/c1-16-8-13(3-4-13)7-9-5-11(15)12(17-2)6-10(9)14/h5-6,16H,3-4,7-8H2,1-2H3. The molecule has 2 rings (SSSR count). The van der Waals surface area contributed by atoms with Crippen molar-refractivity contribution in [2.24, 2.45) is 5.41 Å². The molecule has 0 amide bonds. The summed E-state index contributed by atoms with van der Waals surface area (Å²) < 4.78 is 32.0. The Labute approximate surface area is 100.0 Å². The lowest BCUT2D eigenvalue weighted by Gasteiger charge is -2.15. The maximum Gasteiger partial charge on any atom is 0.165 e. The highest BCUT2D eigenvalue weighted by atomic mass is 19.1. The number of ether oxygens (including phenoxy) is 1. The van der Waals surface area contributed by atoms with Gasteiger partial charge in [-0.05, 0) is 43.4 Å². The van der Waals surface area contributed by atoms with E-state index in [9.17, 15) is 8.78 Å². The summed E-state index contributed by atoms with van der Waals surface area (Å²) in [5.74, 6) is -0.917. The van der Waals surface area contributed by atoms with Crippen molar-refractivity contribution in [1.29, 1.82) is 0 Å². The Hall–Kier alpha value is -1.16. The Morgan fingerprint density at radius 1 is 1.29 bits per heavy atom. The van der Waals surface area contributed by atoms with Crippen LogP contribution in [0.3, 0.4) is 0 Å². The zero-order valence-corrected chi connectivity index (χ0v) is 10.1. The summed E-state index contributed by atoms with van der Waals surface area (Å²) in [5.41, 5.74) is 0.562. The number of hydrogen-bond acceptors (Lipinski definition) is 2. The summed E-state index contributed by atoms with van der Waals surface area (Å²) >= 11 is 0. The molecule has 0 radical (unpaired) electrons. The molecule has 1 aromatic carbocycles. The second kappa shape index (κ2) is 4.61. The highest BCUT2D eigenvalue weighted by Crippen LogP contribution is 2.48. The maximum absolute atomic E-state index is 13.7. The molecule has 0 atom stereocenters. The van der Waals surface area contributed by atoms with Crippen LogP contribution in [0.2, 0.25) is 0 Å². The fourth-order valence-corrected chi connectivity index (χ4v) is 2.23. The predicted molar refractivity (Wildman–Crippen MR) is 62.2 cm³/mol. The largest absolute Gasteiger partial charge is 0.494 e. The monoisotopic (exact) mass is 241 g/mol. The molecule has 4 heteroatoms. The minimum atomic E-state index is -0.496. The summed E-state index contributed by atoms with van der Waals surface area (Å²) in [7, 11) is 3.21. The van der Waals surface area contributed by atoms with Gasteiger partial charge in [0, 0.05) is 12.6 Å². The minimum Gasteiger partial charge on any atom is -0.494 e. The van der Waals surface area contributed by atoms with Crippen molar-refractivity contribution in [2.75, 3.05) is 20.7 Å². The van der Waals surface area contributed by atoms with E-state index in [2.05, 4.69) is 5.32 Å². The van der Waals surface area contributed by atoms with Gasteiger partial charge < -0.3 is 10.1 Å². The predicted octanol–water partition coefficient (Wildman–Crippen LogP) is 2.52. The fraction of sp³-hybridized carbons (Fsp3) is 0.538. The minimum absolute atomic E-state index is 0.0373. The van der Waals surface area contributed by atoms with Crippen LogP contribution in [-0.2, 0) is 6.42 Å². The molecule has 1 N–H and O–H groups in total. The molecular formula is C13H17F2NO. The molecule has 1 aliphatic rings. The smallest absolute Gasteiger partial charge is 0.165 e. The first kappa shape index (κ1) is 12.3. The van der Waals surface area contributed by atoms with E-state index in [1.807, 2.05) is 7.05 Å². The average molecular weight is 241 g/mol. The van der Waals surface area contributed by atoms with Gasteiger partial charge in [0.15, 0.2) is 11.6 Å². The van der Waals surface area contributed by atoms with E-state index in [1.165, 1.54) is 13.2 Å². The molecule has 17 heavy (non-hydrogen) atoms. The number of methoxy groups -OCH3 is 1. The molecule has 0 aromatic heterocycles. The first-order chi connectivity index (χ1) is 8.10. The van der Waals surface area contributed by atoms with Crippen molar-refractivity contribution in [2.45, 2.75) is 19.3 Å². The van der Waals surface area contributed by atoms with Crippen LogP contribution in [0.15, 0.2) is 12.1 Å². The number of nitrogens with one attached hydrogen (secondary N) is 1. The van der Waals surface area contributed by atoms with Crippen molar-refractivity contribution in [1.82, 2.24) is 5.32 Å². The molecule has 94 valence electrons. The van der Waals surface area contributed by atoms with Gasteiger partial charge in [-0.3, -0.25) is 0 Å². The molecule has 0 unspecified atom stereocenters. The molecule has 1 aromatic rings. The lowest BCUT2D eigenvalue weighted by molar-refractivity contribution is 0.380. The number of hydrogen-bond donors (Lipinski definition) is 1. The van der Waals surface area contributed by atoms with Gasteiger partial charge >= 0.3 is 0 Å². The van der Waals surface area contributed by atoms with Gasteiger partial charge in [-0.1, -0.05) is 0 Å². The lowest BCUT2D eigenvalue weighted by Crippen LogP contribution is -2.22. The van der Waals surface area contributed by atoms with E-state index < -0.39 is 5.82 Å². The summed E-state index contributed by atoms with van der Waals surface area (Å²) in [5, 5.41) is 3.11. The van der Waals surface area contributed by atoms with Gasteiger partial charge in [0.05, 0.1) is 7.11 Å². The average Bonchev–Trinajstić information content (AvgIpc) is 3.03. The number of halogens is 2. The third-order valence-corrected chi connectivity index (χ3v) is 3.40. The molecule has 0 bridgehead atoms. The first-order valence-electron chi connectivity index (χ1n) is 5.77. The second-order valence-electron chi connectivity index (χ2n) is 4.79. The van der Waals surface area contributed by atoms with Crippen LogP contribution in [0.4, 0.5) is 8.78 Å². The third-order valence-electron chi connectivity index (χ3n) is 3.40. The molecule has 0 aliphatic heterocycles. The molecule has 0 saturated heterocycles. The highest BCUT2D eigenvalue weighted by molar-refractivity contribution is 5.32. The van der Waals surface area contributed by atoms with Gasteiger partial charge in [0.25, 0.3) is 0 Å². The normalized spacial score (nSPS) is 16.9. The SMILES string of the molecule is CNCC1(Cc2cc(F)c(OC)cc2F)CC1. The van der Waals surface area contributed by atoms with E-state index in [-0.39, 0.29) is 17.0 Å². The van der Waals surface area contributed by atoms with Crippen molar-refractivity contribution >= 4 is 0 Å². The van der Waals surface area contributed by atoms with E-state index in [4.69, 9.17) is 4.74 Å². The van der Waals surface area contributed by atoms with Gasteiger partial charge in [-0.2, -0.15) is 0 Å². The summed E-state index contributed by atoms with van der Waals surface area (Å²) in [4.78, 5) is 0. The van der Waals surface area contributed by atoms with Crippen LogP contribution < -0.4 is 10.1 Å². The van der Waals surface area contributed by atoms with Crippen LogP contribution >= 0.6 is 0 Å². The van der Waals surface area contributed by atoms with Crippen LogP contribution in [0, 0.1) is 17.0 Å². The van der Waals surface area contributed by atoms with Crippen LogP contribution in [-0.4, -0.2) is 20.7 Å². The molecule has 1 aliphatic carbocycles. The molecule has 2 nitrogen and oxygen atoms in total. The Morgan fingerprint density at radius 2 is 2.00 bits per heavy atom. The molecule has 1 fully saturated rings. The van der Waals surface area contributed by atoms with Crippen molar-refractivity contribution < 1.29 is 13.5 Å². The van der Waals surface area contributed by atoms with Crippen LogP contribution in [0.5, 0.6) is 5.75 Å². The van der Waals surface area contributed by atoms with Crippen LogP contribution in [0.1, 0.15) is 18.4 Å². The summed E-state index contributed by atoms with van der Waals surface area (Å²) in [6, 6.07) is 2.38. The lowest BCUT2D eigenvalue weighted by atomic mass is 9.96. The molecule has 1 saturated carbocycles. The van der Waals surface area contributed by atoms with E-state index in [0.717, 1.165) is 25.5 Å². The number of rotatable bonds is 5. The maximum atomic E-state index is 13.7. The molecule has 0 heterocycles. The quantitative estimate of drug-likeness (QED) is 0.855. The van der Waals surface area contributed by atoms with Crippen molar-refractivity contribution in [3.05, 3.63) is 29.3 Å². The Morgan fingerprint density at radius 3 is 2.53 bits per heavy atom. The Bertz CT molecular complexity index is 416. The van der Waals surface area contributed by atoms with Gasteiger partial charge in [-0.25, -0.2) is 8.78 Å². The third kappa shape index (κ3) is 2.57. The first-order valence-corrected chi connectivity index (χ1v) is 5.77.